The zero-order valence-corrected chi connectivity index (χ0v) is 6.51. The summed E-state index contributed by atoms with van der Waals surface area (Å²) in [6, 6.07) is 2.09. The van der Waals surface area contributed by atoms with Crippen LogP contribution in [0.2, 0.25) is 0 Å². The van der Waals surface area contributed by atoms with Gasteiger partial charge in [-0.15, -0.1) is 0 Å². The lowest BCUT2D eigenvalue weighted by Crippen LogP contribution is -2.17. The quantitative estimate of drug-likeness (QED) is 0.622. The van der Waals surface area contributed by atoms with E-state index in [2.05, 4.69) is 22.1 Å². The van der Waals surface area contributed by atoms with Crippen LogP contribution in [0, 0.1) is 0 Å². The number of rotatable bonds is 1. The smallest absolute Gasteiger partial charge is 0.110 e. The second kappa shape index (κ2) is 2.58. The molecule has 2 rings (SSSR count). The van der Waals surface area contributed by atoms with Gasteiger partial charge in [-0.05, 0) is 12.5 Å². The van der Waals surface area contributed by atoms with Crippen LogP contribution in [0.25, 0.3) is 0 Å². The normalized spacial score (nSPS) is 15.7. The van der Waals surface area contributed by atoms with E-state index in [1.165, 1.54) is 17.8 Å². The molecule has 3 nitrogen and oxygen atoms in total. The zero-order valence-electron chi connectivity index (χ0n) is 6.51. The van der Waals surface area contributed by atoms with Crippen LogP contribution in [0.4, 0.5) is 5.82 Å². The maximum atomic E-state index is 5.57. The van der Waals surface area contributed by atoms with Gasteiger partial charge in [0.1, 0.15) is 5.82 Å². The molecular formula is C8H13N3. The van der Waals surface area contributed by atoms with Crippen molar-refractivity contribution in [3.05, 3.63) is 17.8 Å². The van der Waals surface area contributed by atoms with E-state index in [-0.39, 0.29) is 0 Å². The highest BCUT2D eigenvalue weighted by Crippen LogP contribution is 2.20. The average molecular weight is 151 g/mol. The molecule has 0 amide bonds. The third-order valence-corrected chi connectivity index (χ3v) is 2.14. The Hall–Kier alpha value is -0.960. The summed E-state index contributed by atoms with van der Waals surface area (Å²) >= 11 is 0. The van der Waals surface area contributed by atoms with Crippen molar-refractivity contribution in [2.24, 2.45) is 5.73 Å². The molecule has 1 aromatic rings. The lowest BCUT2D eigenvalue weighted by atomic mass is 10.3. The van der Waals surface area contributed by atoms with Gasteiger partial charge in [0.05, 0.1) is 0 Å². The van der Waals surface area contributed by atoms with Crippen molar-refractivity contribution in [3.63, 3.8) is 0 Å². The molecule has 0 bridgehead atoms. The van der Waals surface area contributed by atoms with Crippen LogP contribution in [0.15, 0.2) is 12.3 Å². The highest BCUT2D eigenvalue weighted by molar-refractivity contribution is 5.47. The third-order valence-electron chi connectivity index (χ3n) is 2.14. The lowest BCUT2D eigenvalue weighted by molar-refractivity contribution is 0.631. The van der Waals surface area contributed by atoms with Crippen molar-refractivity contribution >= 4 is 5.82 Å². The fourth-order valence-corrected chi connectivity index (χ4v) is 1.54. The monoisotopic (exact) mass is 151 g/mol. The Kier molecular flexibility index (Phi) is 1.58. The number of fused-ring (bicyclic) bond motifs is 1. The standard InChI is InChI=1S/C8H13N3/c9-6-7-2-5-11-4-1-3-10-8(7)11/h2,5,10H,1,3-4,6,9H2. The van der Waals surface area contributed by atoms with Gasteiger partial charge in [0.25, 0.3) is 0 Å². The summed E-state index contributed by atoms with van der Waals surface area (Å²) in [7, 11) is 0. The van der Waals surface area contributed by atoms with Crippen LogP contribution in [0.3, 0.4) is 0 Å². The third kappa shape index (κ3) is 1.01. The van der Waals surface area contributed by atoms with Gasteiger partial charge >= 0.3 is 0 Å². The topological polar surface area (TPSA) is 43.0 Å². The molecular weight excluding hydrogens is 138 g/mol. The molecule has 1 aliphatic heterocycles. The van der Waals surface area contributed by atoms with Gasteiger partial charge in [-0.3, -0.25) is 0 Å². The molecule has 0 unspecified atom stereocenters. The second-order valence-corrected chi connectivity index (χ2v) is 2.87. The minimum atomic E-state index is 0.634. The summed E-state index contributed by atoms with van der Waals surface area (Å²) in [6.45, 7) is 2.84. The fraction of sp³-hybridized carbons (Fsp3) is 0.500. The minimum absolute atomic E-state index is 0.634. The Morgan fingerprint density at radius 2 is 2.55 bits per heavy atom. The van der Waals surface area contributed by atoms with Crippen LogP contribution in [0.1, 0.15) is 12.0 Å². The van der Waals surface area contributed by atoms with Crippen molar-refractivity contribution < 1.29 is 0 Å². The molecule has 0 aromatic carbocycles. The second-order valence-electron chi connectivity index (χ2n) is 2.87. The number of anilines is 1. The van der Waals surface area contributed by atoms with E-state index in [1.54, 1.807) is 0 Å². The Morgan fingerprint density at radius 1 is 1.64 bits per heavy atom. The summed E-state index contributed by atoms with van der Waals surface area (Å²) in [5, 5.41) is 3.35. The lowest BCUT2D eigenvalue weighted by Gasteiger charge is -2.18. The van der Waals surface area contributed by atoms with Gasteiger partial charge in [0, 0.05) is 31.4 Å². The molecule has 0 saturated carbocycles. The van der Waals surface area contributed by atoms with Crippen molar-refractivity contribution in [1.29, 1.82) is 0 Å². The van der Waals surface area contributed by atoms with Crippen LogP contribution in [0.5, 0.6) is 0 Å². The van der Waals surface area contributed by atoms with E-state index in [1.807, 2.05) is 0 Å². The first-order valence-electron chi connectivity index (χ1n) is 4.04. The van der Waals surface area contributed by atoms with E-state index in [9.17, 15) is 0 Å². The number of nitrogens with one attached hydrogen (secondary N) is 1. The molecule has 0 radical (unpaired) electrons. The molecule has 0 atom stereocenters. The van der Waals surface area contributed by atoms with E-state index >= 15 is 0 Å². The van der Waals surface area contributed by atoms with E-state index in [0.717, 1.165) is 13.1 Å². The van der Waals surface area contributed by atoms with Gasteiger partial charge in [-0.2, -0.15) is 0 Å². The van der Waals surface area contributed by atoms with Crippen LogP contribution in [-0.2, 0) is 13.1 Å². The number of aryl methyl sites for hydroxylation is 1. The van der Waals surface area contributed by atoms with Crippen molar-refractivity contribution in [3.8, 4) is 0 Å². The predicted molar refractivity (Wildman–Crippen MR) is 45.4 cm³/mol. The van der Waals surface area contributed by atoms with E-state index in [0.29, 0.717) is 6.54 Å². The molecule has 2 heterocycles. The van der Waals surface area contributed by atoms with E-state index in [4.69, 9.17) is 5.73 Å². The van der Waals surface area contributed by atoms with Crippen molar-refractivity contribution in [1.82, 2.24) is 4.57 Å². The molecule has 60 valence electrons. The Morgan fingerprint density at radius 3 is 3.36 bits per heavy atom. The largest absolute Gasteiger partial charge is 0.371 e. The summed E-state index contributed by atoms with van der Waals surface area (Å²) < 4.78 is 2.23. The average Bonchev–Trinajstić information content (AvgIpc) is 2.47. The van der Waals surface area contributed by atoms with Gasteiger partial charge < -0.3 is 15.6 Å². The molecule has 0 fully saturated rings. The molecule has 0 spiro atoms. The van der Waals surface area contributed by atoms with Crippen LogP contribution >= 0.6 is 0 Å². The van der Waals surface area contributed by atoms with Crippen LogP contribution in [-0.4, -0.2) is 11.1 Å². The molecule has 3 N–H and O–H groups in total. The molecule has 3 heteroatoms. The molecule has 11 heavy (non-hydrogen) atoms. The molecule has 0 aliphatic carbocycles. The summed E-state index contributed by atoms with van der Waals surface area (Å²) in [4.78, 5) is 0. The first-order chi connectivity index (χ1) is 5.42. The van der Waals surface area contributed by atoms with Gasteiger partial charge in [-0.1, -0.05) is 0 Å². The Bertz CT molecular complexity index is 238. The molecule has 0 saturated heterocycles. The Labute approximate surface area is 66.2 Å². The number of hydrogen-bond donors (Lipinski definition) is 2. The maximum Gasteiger partial charge on any atom is 0.110 e. The summed E-state index contributed by atoms with van der Waals surface area (Å²) in [5.41, 5.74) is 6.79. The highest BCUT2D eigenvalue weighted by atomic mass is 15.1. The predicted octanol–water partition coefficient (Wildman–Crippen LogP) is 0.762. The number of hydrogen-bond acceptors (Lipinski definition) is 2. The van der Waals surface area contributed by atoms with Gasteiger partial charge in [0.2, 0.25) is 0 Å². The van der Waals surface area contributed by atoms with Crippen LogP contribution < -0.4 is 11.1 Å². The number of nitrogens with two attached hydrogens (primary N) is 1. The number of aromatic nitrogens is 1. The first-order valence-corrected chi connectivity index (χ1v) is 4.04. The molecule has 1 aliphatic rings. The Balaban J connectivity index is 2.38. The highest BCUT2D eigenvalue weighted by Gasteiger charge is 2.10. The van der Waals surface area contributed by atoms with Crippen molar-refractivity contribution in [2.45, 2.75) is 19.5 Å². The summed E-state index contributed by atoms with van der Waals surface area (Å²) in [5.74, 6) is 1.22. The van der Waals surface area contributed by atoms with Crippen molar-refractivity contribution in [2.75, 3.05) is 11.9 Å². The molecule has 1 aromatic heterocycles. The SMILES string of the molecule is NCc1ccn2c1NCCC2. The van der Waals surface area contributed by atoms with Gasteiger partial charge in [-0.25, -0.2) is 0 Å². The minimum Gasteiger partial charge on any atom is -0.371 e. The first kappa shape index (κ1) is 6.73. The zero-order chi connectivity index (χ0) is 7.68. The summed E-state index contributed by atoms with van der Waals surface area (Å²) in [6.07, 6.45) is 3.31. The maximum absolute atomic E-state index is 5.57. The fourth-order valence-electron chi connectivity index (χ4n) is 1.54. The van der Waals surface area contributed by atoms with Gasteiger partial charge in [0.15, 0.2) is 0 Å². The van der Waals surface area contributed by atoms with E-state index < -0.39 is 0 Å². The number of nitrogens with zero attached hydrogens (tertiary/aromatic N) is 1.